The summed E-state index contributed by atoms with van der Waals surface area (Å²) in [5.41, 5.74) is 0.242. The number of methoxy groups -OCH3 is 1. The smallest absolute Gasteiger partial charge is 0.340 e. The van der Waals surface area contributed by atoms with E-state index in [9.17, 15) is 4.79 Å². The van der Waals surface area contributed by atoms with Crippen LogP contribution in [0, 0.1) is 11.3 Å². The highest BCUT2D eigenvalue weighted by Gasteiger charge is 2.36. The summed E-state index contributed by atoms with van der Waals surface area (Å²) in [6.07, 6.45) is 0.411. The standard InChI is InChI=1S/C12H11NO3/c1-12(7-13)6-8-3-4-9(15-2)5-10(8)11(14)16-12/h3-5H,6H2,1-2H3. The zero-order chi connectivity index (χ0) is 11.8. The van der Waals surface area contributed by atoms with E-state index in [0.717, 1.165) is 5.56 Å². The zero-order valence-electron chi connectivity index (χ0n) is 9.11. The molecule has 82 valence electrons. The highest BCUT2D eigenvalue weighted by Crippen LogP contribution is 2.29. The molecule has 1 aliphatic rings. The van der Waals surface area contributed by atoms with Crippen LogP contribution in [0.5, 0.6) is 5.75 Å². The second kappa shape index (κ2) is 3.53. The predicted molar refractivity (Wildman–Crippen MR) is 56.1 cm³/mol. The third kappa shape index (κ3) is 1.61. The Morgan fingerprint density at radius 1 is 1.56 bits per heavy atom. The topological polar surface area (TPSA) is 59.3 Å². The molecule has 4 heteroatoms. The number of fused-ring (bicyclic) bond motifs is 1. The van der Waals surface area contributed by atoms with Gasteiger partial charge >= 0.3 is 5.97 Å². The van der Waals surface area contributed by atoms with Crippen molar-refractivity contribution in [2.45, 2.75) is 18.9 Å². The minimum atomic E-state index is -1.06. The second-order valence-corrected chi connectivity index (χ2v) is 3.93. The van der Waals surface area contributed by atoms with Crippen molar-refractivity contribution >= 4 is 5.97 Å². The van der Waals surface area contributed by atoms with Gasteiger partial charge in [-0.1, -0.05) is 6.07 Å². The Balaban J connectivity index is 2.47. The van der Waals surface area contributed by atoms with Crippen LogP contribution in [-0.2, 0) is 11.2 Å². The third-order valence-corrected chi connectivity index (χ3v) is 2.62. The summed E-state index contributed by atoms with van der Waals surface area (Å²) in [5, 5.41) is 8.94. The Labute approximate surface area is 93.4 Å². The summed E-state index contributed by atoms with van der Waals surface area (Å²) in [5.74, 6) is 0.139. The monoisotopic (exact) mass is 217 g/mol. The Morgan fingerprint density at radius 2 is 2.31 bits per heavy atom. The van der Waals surface area contributed by atoms with Crippen molar-refractivity contribution in [3.63, 3.8) is 0 Å². The van der Waals surface area contributed by atoms with Crippen LogP contribution in [0.1, 0.15) is 22.8 Å². The van der Waals surface area contributed by atoms with Crippen molar-refractivity contribution in [1.29, 1.82) is 5.26 Å². The molecule has 0 saturated carbocycles. The summed E-state index contributed by atoms with van der Waals surface area (Å²) in [6, 6.07) is 7.21. The molecule has 1 aromatic carbocycles. The van der Waals surface area contributed by atoms with E-state index in [4.69, 9.17) is 14.7 Å². The lowest BCUT2D eigenvalue weighted by Gasteiger charge is -2.28. The highest BCUT2D eigenvalue weighted by molar-refractivity contribution is 5.93. The Hall–Kier alpha value is -2.02. The zero-order valence-corrected chi connectivity index (χ0v) is 9.11. The van der Waals surface area contributed by atoms with Gasteiger partial charge in [0.05, 0.1) is 12.7 Å². The SMILES string of the molecule is COc1ccc2c(c1)C(=O)OC(C)(C#N)C2. The molecule has 1 unspecified atom stereocenters. The number of rotatable bonds is 1. The maximum absolute atomic E-state index is 11.7. The van der Waals surface area contributed by atoms with Gasteiger partial charge in [0.2, 0.25) is 0 Å². The molecule has 2 rings (SSSR count). The maximum Gasteiger partial charge on any atom is 0.340 e. The molecule has 0 fully saturated rings. The van der Waals surface area contributed by atoms with Gasteiger partial charge in [0.1, 0.15) is 11.8 Å². The first-order chi connectivity index (χ1) is 7.58. The Kier molecular flexibility index (Phi) is 2.31. The lowest BCUT2D eigenvalue weighted by atomic mass is 9.91. The van der Waals surface area contributed by atoms with E-state index in [-0.39, 0.29) is 0 Å². The first-order valence-electron chi connectivity index (χ1n) is 4.89. The molecule has 0 radical (unpaired) electrons. The van der Waals surface area contributed by atoms with E-state index < -0.39 is 11.6 Å². The molecule has 0 spiro atoms. The summed E-state index contributed by atoms with van der Waals surface area (Å²) in [7, 11) is 1.54. The van der Waals surface area contributed by atoms with E-state index in [1.807, 2.05) is 6.07 Å². The molecule has 1 heterocycles. The predicted octanol–water partition coefficient (Wildman–Crippen LogP) is 1.69. The van der Waals surface area contributed by atoms with Crippen LogP contribution in [-0.4, -0.2) is 18.7 Å². The number of hydrogen-bond donors (Lipinski definition) is 0. The number of cyclic esters (lactones) is 1. The largest absolute Gasteiger partial charge is 0.497 e. The molecule has 0 bridgehead atoms. The van der Waals surface area contributed by atoms with Crippen molar-refractivity contribution in [3.8, 4) is 11.8 Å². The van der Waals surface area contributed by atoms with E-state index in [0.29, 0.717) is 17.7 Å². The van der Waals surface area contributed by atoms with Crippen molar-refractivity contribution in [2.75, 3.05) is 7.11 Å². The van der Waals surface area contributed by atoms with Crippen molar-refractivity contribution < 1.29 is 14.3 Å². The molecule has 4 nitrogen and oxygen atoms in total. The number of carbonyl (C=O) groups excluding carboxylic acids is 1. The van der Waals surface area contributed by atoms with Gasteiger partial charge in [-0.15, -0.1) is 0 Å². The van der Waals surface area contributed by atoms with Gasteiger partial charge in [0.15, 0.2) is 5.60 Å². The van der Waals surface area contributed by atoms with Gasteiger partial charge in [-0.2, -0.15) is 5.26 Å². The summed E-state index contributed by atoms with van der Waals surface area (Å²) in [6.45, 7) is 1.61. The van der Waals surface area contributed by atoms with E-state index in [1.165, 1.54) is 7.11 Å². The molecule has 16 heavy (non-hydrogen) atoms. The van der Waals surface area contributed by atoms with E-state index >= 15 is 0 Å². The molecule has 0 saturated heterocycles. The lowest BCUT2D eigenvalue weighted by Crippen LogP contribution is -2.37. The molecule has 1 aromatic rings. The van der Waals surface area contributed by atoms with Gasteiger partial charge in [-0.05, 0) is 24.6 Å². The average Bonchev–Trinajstić information content (AvgIpc) is 2.28. The number of carbonyl (C=O) groups is 1. The van der Waals surface area contributed by atoms with Gasteiger partial charge in [-0.25, -0.2) is 4.79 Å². The van der Waals surface area contributed by atoms with Crippen LogP contribution < -0.4 is 4.74 Å². The van der Waals surface area contributed by atoms with Crippen molar-refractivity contribution in [3.05, 3.63) is 29.3 Å². The molecule has 0 aromatic heterocycles. The van der Waals surface area contributed by atoms with E-state index in [2.05, 4.69) is 0 Å². The summed E-state index contributed by atoms with van der Waals surface area (Å²) < 4.78 is 10.1. The first-order valence-corrected chi connectivity index (χ1v) is 4.89. The highest BCUT2D eigenvalue weighted by atomic mass is 16.6. The number of nitrogens with zero attached hydrogens (tertiary/aromatic N) is 1. The summed E-state index contributed by atoms with van der Waals surface area (Å²) >= 11 is 0. The molecular weight excluding hydrogens is 206 g/mol. The van der Waals surface area contributed by atoms with Gasteiger partial charge in [0, 0.05) is 6.42 Å². The van der Waals surface area contributed by atoms with Crippen LogP contribution in [0.4, 0.5) is 0 Å². The van der Waals surface area contributed by atoms with Crippen LogP contribution in [0.2, 0.25) is 0 Å². The molecule has 1 aliphatic heterocycles. The number of benzene rings is 1. The van der Waals surface area contributed by atoms with Crippen LogP contribution >= 0.6 is 0 Å². The van der Waals surface area contributed by atoms with Crippen LogP contribution in [0.25, 0.3) is 0 Å². The molecular formula is C12H11NO3. The molecule has 0 aliphatic carbocycles. The number of esters is 1. The third-order valence-electron chi connectivity index (χ3n) is 2.62. The van der Waals surface area contributed by atoms with Crippen LogP contribution in [0.15, 0.2) is 18.2 Å². The van der Waals surface area contributed by atoms with Crippen molar-refractivity contribution in [1.82, 2.24) is 0 Å². The fraction of sp³-hybridized carbons (Fsp3) is 0.333. The van der Waals surface area contributed by atoms with Crippen molar-refractivity contribution in [2.24, 2.45) is 0 Å². The van der Waals surface area contributed by atoms with Gasteiger partial charge in [-0.3, -0.25) is 0 Å². The maximum atomic E-state index is 11.7. The molecule has 1 atom stereocenters. The Bertz CT molecular complexity index is 490. The quantitative estimate of drug-likeness (QED) is 0.671. The Morgan fingerprint density at radius 3 is 2.94 bits per heavy atom. The summed E-state index contributed by atoms with van der Waals surface area (Å²) in [4.78, 5) is 11.7. The minimum Gasteiger partial charge on any atom is -0.497 e. The molecule has 0 N–H and O–H groups in total. The van der Waals surface area contributed by atoms with E-state index in [1.54, 1.807) is 25.1 Å². The molecule has 0 amide bonds. The average molecular weight is 217 g/mol. The fourth-order valence-electron chi connectivity index (χ4n) is 1.75. The van der Waals surface area contributed by atoms with Gasteiger partial charge < -0.3 is 9.47 Å². The fourth-order valence-corrected chi connectivity index (χ4v) is 1.75. The van der Waals surface area contributed by atoms with Crippen LogP contribution in [0.3, 0.4) is 0 Å². The first kappa shape index (κ1) is 10.5. The lowest BCUT2D eigenvalue weighted by molar-refractivity contribution is 0.00845. The van der Waals surface area contributed by atoms with Gasteiger partial charge in [0.25, 0.3) is 0 Å². The number of hydrogen-bond acceptors (Lipinski definition) is 4. The normalized spacial score (nSPS) is 22.9. The number of ether oxygens (including phenoxy) is 2. The second-order valence-electron chi connectivity index (χ2n) is 3.93. The number of nitriles is 1. The minimum absolute atomic E-state index is 0.411.